The van der Waals surface area contributed by atoms with Gasteiger partial charge in [-0.1, -0.05) is 0 Å². The first-order valence-electron chi connectivity index (χ1n) is 8.04. The van der Waals surface area contributed by atoms with E-state index in [4.69, 9.17) is 14.2 Å². The standard InChI is InChI=1S/C19H16N2O4S/c1-23-14-5-2-12(3-6-14)18(22)21-19-20-15(11-26-19)13-4-7-16-17(10-13)25-9-8-24-16/h2-7,10-11H,8-9H2,1H3,(H,20,21,22). The zero-order valence-electron chi connectivity index (χ0n) is 14.0. The van der Waals surface area contributed by atoms with Crippen LogP contribution >= 0.6 is 11.3 Å². The number of anilines is 1. The quantitative estimate of drug-likeness (QED) is 0.758. The first-order chi connectivity index (χ1) is 12.7. The summed E-state index contributed by atoms with van der Waals surface area (Å²) in [5.74, 6) is 1.95. The summed E-state index contributed by atoms with van der Waals surface area (Å²) in [6.45, 7) is 1.10. The number of methoxy groups -OCH3 is 1. The van der Waals surface area contributed by atoms with Crippen molar-refractivity contribution in [3.63, 3.8) is 0 Å². The predicted octanol–water partition coefficient (Wildman–Crippen LogP) is 3.84. The van der Waals surface area contributed by atoms with Gasteiger partial charge in [-0.25, -0.2) is 4.98 Å². The largest absolute Gasteiger partial charge is 0.497 e. The van der Waals surface area contributed by atoms with Crippen molar-refractivity contribution in [3.05, 3.63) is 53.4 Å². The molecular weight excluding hydrogens is 352 g/mol. The van der Waals surface area contributed by atoms with Crippen LogP contribution in [0.1, 0.15) is 10.4 Å². The van der Waals surface area contributed by atoms with E-state index in [1.807, 2.05) is 23.6 Å². The van der Waals surface area contributed by atoms with E-state index in [0.29, 0.717) is 35.4 Å². The summed E-state index contributed by atoms with van der Waals surface area (Å²) >= 11 is 1.37. The van der Waals surface area contributed by atoms with Crippen LogP contribution in [-0.4, -0.2) is 31.2 Å². The van der Waals surface area contributed by atoms with Crippen LogP contribution in [0.5, 0.6) is 17.2 Å². The molecule has 1 aliphatic heterocycles. The van der Waals surface area contributed by atoms with E-state index in [2.05, 4.69) is 10.3 Å². The molecule has 0 unspecified atom stereocenters. The summed E-state index contributed by atoms with van der Waals surface area (Å²) in [5.41, 5.74) is 2.23. The zero-order chi connectivity index (χ0) is 17.9. The predicted molar refractivity (Wildman–Crippen MR) is 99.5 cm³/mol. The molecule has 2 heterocycles. The summed E-state index contributed by atoms with van der Waals surface area (Å²) in [4.78, 5) is 16.8. The highest BCUT2D eigenvalue weighted by Gasteiger charge is 2.15. The molecule has 0 spiro atoms. The Bertz CT molecular complexity index is 937. The van der Waals surface area contributed by atoms with Gasteiger partial charge >= 0.3 is 0 Å². The second-order valence-electron chi connectivity index (χ2n) is 5.58. The van der Waals surface area contributed by atoms with Crippen LogP contribution < -0.4 is 19.5 Å². The van der Waals surface area contributed by atoms with Gasteiger partial charge in [-0.05, 0) is 42.5 Å². The van der Waals surface area contributed by atoms with Crippen LogP contribution in [0.25, 0.3) is 11.3 Å². The van der Waals surface area contributed by atoms with Gasteiger partial charge in [0, 0.05) is 16.5 Å². The van der Waals surface area contributed by atoms with Gasteiger partial charge in [-0.3, -0.25) is 10.1 Å². The van der Waals surface area contributed by atoms with Crippen molar-refractivity contribution in [2.24, 2.45) is 0 Å². The van der Waals surface area contributed by atoms with Gasteiger partial charge in [-0.2, -0.15) is 0 Å². The fraction of sp³-hybridized carbons (Fsp3) is 0.158. The lowest BCUT2D eigenvalue weighted by atomic mass is 10.1. The maximum atomic E-state index is 12.3. The van der Waals surface area contributed by atoms with Gasteiger partial charge in [-0.15, -0.1) is 11.3 Å². The molecular formula is C19H16N2O4S. The summed E-state index contributed by atoms with van der Waals surface area (Å²) in [7, 11) is 1.59. The third-order valence-corrected chi connectivity index (χ3v) is 4.67. The number of carbonyl (C=O) groups is 1. The minimum atomic E-state index is -0.212. The number of thiazole rings is 1. The van der Waals surface area contributed by atoms with Crippen molar-refractivity contribution in [1.82, 2.24) is 4.98 Å². The lowest BCUT2D eigenvalue weighted by molar-refractivity contribution is 0.102. The number of benzene rings is 2. The molecule has 0 saturated heterocycles. The average Bonchev–Trinajstić information content (AvgIpc) is 3.16. The molecule has 0 atom stereocenters. The normalized spacial score (nSPS) is 12.5. The Hall–Kier alpha value is -3.06. The van der Waals surface area contributed by atoms with Crippen molar-refractivity contribution in [1.29, 1.82) is 0 Å². The first kappa shape index (κ1) is 16.4. The van der Waals surface area contributed by atoms with E-state index >= 15 is 0 Å². The number of hydrogen-bond donors (Lipinski definition) is 1. The lowest BCUT2D eigenvalue weighted by Gasteiger charge is -2.18. The van der Waals surface area contributed by atoms with Crippen molar-refractivity contribution in [3.8, 4) is 28.5 Å². The van der Waals surface area contributed by atoms with E-state index in [-0.39, 0.29) is 5.91 Å². The first-order valence-corrected chi connectivity index (χ1v) is 8.92. The fourth-order valence-electron chi connectivity index (χ4n) is 2.58. The Morgan fingerprint density at radius 2 is 1.88 bits per heavy atom. The van der Waals surface area contributed by atoms with Crippen molar-refractivity contribution in [2.45, 2.75) is 0 Å². The SMILES string of the molecule is COc1ccc(C(=O)Nc2nc(-c3ccc4c(c3)OCCO4)cs2)cc1. The fourth-order valence-corrected chi connectivity index (χ4v) is 3.29. The minimum Gasteiger partial charge on any atom is -0.497 e. The molecule has 3 aromatic rings. The molecule has 1 aliphatic rings. The number of amides is 1. The van der Waals surface area contributed by atoms with E-state index in [9.17, 15) is 4.79 Å². The lowest BCUT2D eigenvalue weighted by Crippen LogP contribution is -2.15. The Morgan fingerprint density at radius 1 is 1.12 bits per heavy atom. The van der Waals surface area contributed by atoms with Gasteiger partial charge in [0.1, 0.15) is 19.0 Å². The van der Waals surface area contributed by atoms with Gasteiger partial charge in [0.15, 0.2) is 16.6 Å². The molecule has 132 valence electrons. The number of ether oxygens (including phenoxy) is 3. The maximum absolute atomic E-state index is 12.3. The molecule has 7 heteroatoms. The molecule has 0 saturated carbocycles. The molecule has 0 radical (unpaired) electrons. The Kier molecular flexibility index (Phi) is 4.45. The highest BCUT2D eigenvalue weighted by atomic mass is 32.1. The monoisotopic (exact) mass is 368 g/mol. The zero-order valence-corrected chi connectivity index (χ0v) is 14.8. The second-order valence-corrected chi connectivity index (χ2v) is 6.44. The van der Waals surface area contributed by atoms with Crippen LogP contribution in [0.2, 0.25) is 0 Å². The van der Waals surface area contributed by atoms with E-state index in [0.717, 1.165) is 17.0 Å². The number of rotatable bonds is 4. The highest BCUT2D eigenvalue weighted by Crippen LogP contribution is 2.35. The van der Waals surface area contributed by atoms with Crippen LogP contribution in [0.3, 0.4) is 0 Å². The van der Waals surface area contributed by atoms with Crippen molar-refractivity contribution < 1.29 is 19.0 Å². The van der Waals surface area contributed by atoms with E-state index in [1.54, 1.807) is 31.4 Å². The maximum Gasteiger partial charge on any atom is 0.257 e. The van der Waals surface area contributed by atoms with Crippen LogP contribution in [0.15, 0.2) is 47.8 Å². The van der Waals surface area contributed by atoms with Gasteiger partial charge < -0.3 is 14.2 Å². The Balaban J connectivity index is 1.50. The van der Waals surface area contributed by atoms with Crippen LogP contribution in [0.4, 0.5) is 5.13 Å². The van der Waals surface area contributed by atoms with Crippen LogP contribution in [-0.2, 0) is 0 Å². The molecule has 4 rings (SSSR count). The molecule has 0 bridgehead atoms. The summed E-state index contributed by atoms with van der Waals surface area (Å²) in [5, 5.41) is 5.26. The van der Waals surface area contributed by atoms with Gasteiger partial charge in [0.05, 0.1) is 12.8 Å². The Labute approximate surface area is 154 Å². The van der Waals surface area contributed by atoms with E-state index < -0.39 is 0 Å². The van der Waals surface area contributed by atoms with E-state index in [1.165, 1.54) is 11.3 Å². The number of aromatic nitrogens is 1. The molecule has 1 amide bonds. The molecule has 0 aliphatic carbocycles. The third-order valence-electron chi connectivity index (χ3n) is 3.91. The number of nitrogens with zero attached hydrogens (tertiary/aromatic N) is 1. The average molecular weight is 368 g/mol. The summed E-state index contributed by atoms with van der Waals surface area (Å²) in [6, 6.07) is 12.6. The molecule has 6 nitrogen and oxygen atoms in total. The van der Waals surface area contributed by atoms with Crippen LogP contribution in [0, 0.1) is 0 Å². The molecule has 1 N–H and O–H groups in total. The Morgan fingerprint density at radius 3 is 2.65 bits per heavy atom. The highest BCUT2D eigenvalue weighted by molar-refractivity contribution is 7.14. The number of nitrogens with one attached hydrogen (secondary N) is 1. The second kappa shape index (κ2) is 7.05. The minimum absolute atomic E-state index is 0.212. The summed E-state index contributed by atoms with van der Waals surface area (Å²) < 4.78 is 16.2. The number of hydrogen-bond acceptors (Lipinski definition) is 6. The molecule has 0 fully saturated rings. The smallest absolute Gasteiger partial charge is 0.257 e. The van der Waals surface area contributed by atoms with Crippen molar-refractivity contribution >= 4 is 22.4 Å². The molecule has 1 aromatic heterocycles. The topological polar surface area (TPSA) is 69.7 Å². The van der Waals surface area contributed by atoms with Crippen molar-refractivity contribution in [2.75, 3.05) is 25.6 Å². The van der Waals surface area contributed by atoms with Gasteiger partial charge in [0.2, 0.25) is 0 Å². The van der Waals surface area contributed by atoms with Gasteiger partial charge in [0.25, 0.3) is 5.91 Å². The third kappa shape index (κ3) is 3.34. The number of carbonyl (C=O) groups excluding carboxylic acids is 1. The summed E-state index contributed by atoms with van der Waals surface area (Å²) in [6.07, 6.45) is 0. The molecule has 26 heavy (non-hydrogen) atoms. The number of fused-ring (bicyclic) bond motifs is 1. The molecule has 2 aromatic carbocycles.